The van der Waals surface area contributed by atoms with Crippen molar-refractivity contribution in [1.82, 2.24) is 14.9 Å². The van der Waals surface area contributed by atoms with Gasteiger partial charge in [0.25, 0.3) is 0 Å². The number of hydrogen-bond acceptors (Lipinski definition) is 4. The van der Waals surface area contributed by atoms with Gasteiger partial charge in [-0.1, -0.05) is 12.1 Å². The molecule has 0 bridgehead atoms. The molecule has 136 valence electrons. The number of aryl methyl sites for hydroxylation is 1. The molecule has 2 aromatic carbocycles. The van der Waals surface area contributed by atoms with E-state index in [2.05, 4.69) is 20.9 Å². The Bertz CT molecular complexity index is 889. The van der Waals surface area contributed by atoms with Crippen LogP contribution in [0, 0.1) is 0 Å². The second-order valence-electron chi connectivity index (χ2n) is 5.98. The molecule has 0 aliphatic rings. The quantitative estimate of drug-likeness (QED) is 0.633. The van der Waals surface area contributed by atoms with E-state index in [0.29, 0.717) is 18.0 Å². The molecule has 1 aromatic heterocycles. The number of hydrogen-bond donors (Lipinski definition) is 1. The Morgan fingerprint density at radius 3 is 2.81 bits per heavy atom. The van der Waals surface area contributed by atoms with Crippen molar-refractivity contribution >= 4 is 16.9 Å². The standard InChI is InChI=1S/C20H23N3O3/c1-25-16-8-9-19(26-2)15(12-16)13-20(24)21-10-5-11-23-14-22-17-6-3-4-7-18(17)23/h3-4,6-9,12,14H,5,10-11,13H2,1-2H3,(H,21,24). The molecule has 0 saturated carbocycles. The number of benzene rings is 2. The zero-order valence-electron chi connectivity index (χ0n) is 15.1. The molecule has 0 aliphatic carbocycles. The lowest BCUT2D eigenvalue weighted by atomic mass is 10.1. The molecule has 0 unspecified atom stereocenters. The molecule has 1 heterocycles. The highest BCUT2D eigenvalue weighted by atomic mass is 16.5. The van der Waals surface area contributed by atoms with Crippen LogP contribution in [0.4, 0.5) is 0 Å². The summed E-state index contributed by atoms with van der Waals surface area (Å²) < 4.78 is 12.6. The van der Waals surface area contributed by atoms with Crippen LogP contribution in [0.1, 0.15) is 12.0 Å². The first-order valence-corrected chi connectivity index (χ1v) is 8.58. The lowest BCUT2D eigenvalue weighted by molar-refractivity contribution is -0.120. The first-order chi connectivity index (χ1) is 12.7. The molecule has 6 heteroatoms. The third kappa shape index (κ3) is 4.14. The first-order valence-electron chi connectivity index (χ1n) is 8.58. The van der Waals surface area contributed by atoms with Gasteiger partial charge in [-0.2, -0.15) is 0 Å². The number of nitrogens with zero attached hydrogens (tertiary/aromatic N) is 2. The highest BCUT2D eigenvalue weighted by Gasteiger charge is 2.10. The largest absolute Gasteiger partial charge is 0.497 e. The molecule has 1 amide bonds. The topological polar surface area (TPSA) is 65.4 Å². The Kier molecular flexibility index (Phi) is 5.73. The lowest BCUT2D eigenvalue weighted by Crippen LogP contribution is -2.27. The molecule has 1 N–H and O–H groups in total. The molecule has 6 nitrogen and oxygen atoms in total. The summed E-state index contributed by atoms with van der Waals surface area (Å²) in [5, 5.41) is 2.96. The smallest absolute Gasteiger partial charge is 0.224 e. The minimum Gasteiger partial charge on any atom is -0.497 e. The van der Waals surface area contributed by atoms with Crippen molar-refractivity contribution in [3.05, 3.63) is 54.4 Å². The summed E-state index contributed by atoms with van der Waals surface area (Å²) in [7, 11) is 3.20. The van der Waals surface area contributed by atoms with Gasteiger partial charge in [-0.3, -0.25) is 4.79 Å². The summed E-state index contributed by atoms with van der Waals surface area (Å²) >= 11 is 0. The van der Waals surface area contributed by atoms with Gasteiger partial charge in [-0.15, -0.1) is 0 Å². The third-order valence-corrected chi connectivity index (χ3v) is 4.26. The van der Waals surface area contributed by atoms with Crippen molar-refractivity contribution in [2.75, 3.05) is 20.8 Å². The number of fused-ring (bicyclic) bond motifs is 1. The van der Waals surface area contributed by atoms with Gasteiger partial charge in [0.15, 0.2) is 0 Å². The molecule has 3 aromatic rings. The number of nitrogens with one attached hydrogen (secondary N) is 1. The Labute approximate surface area is 152 Å². The Morgan fingerprint density at radius 1 is 1.15 bits per heavy atom. The number of methoxy groups -OCH3 is 2. The van der Waals surface area contributed by atoms with E-state index in [1.807, 2.05) is 42.7 Å². The Morgan fingerprint density at radius 2 is 2.00 bits per heavy atom. The predicted octanol–water partition coefficient (Wildman–Crippen LogP) is 2.80. The van der Waals surface area contributed by atoms with Crippen LogP contribution in [0.5, 0.6) is 11.5 Å². The summed E-state index contributed by atoms with van der Waals surface area (Å²) in [4.78, 5) is 16.6. The van der Waals surface area contributed by atoms with Crippen LogP contribution in [0.15, 0.2) is 48.8 Å². The molecule has 0 radical (unpaired) electrons. The molecular weight excluding hydrogens is 330 g/mol. The average Bonchev–Trinajstić information content (AvgIpc) is 3.08. The van der Waals surface area contributed by atoms with Crippen molar-refractivity contribution < 1.29 is 14.3 Å². The maximum Gasteiger partial charge on any atom is 0.224 e. The fourth-order valence-electron chi connectivity index (χ4n) is 2.92. The summed E-state index contributed by atoms with van der Waals surface area (Å²) in [6, 6.07) is 13.5. The van der Waals surface area contributed by atoms with Crippen molar-refractivity contribution in [2.45, 2.75) is 19.4 Å². The molecule has 0 fully saturated rings. The van der Waals surface area contributed by atoms with Gasteiger partial charge >= 0.3 is 0 Å². The van der Waals surface area contributed by atoms with Gasteiger partial charge in [-0.05, 0) is 36.8 Å². The maximum absolute atomic E-state index is 12.2. The van der Waals surface area contributed by atoms with Crippen molar-refractivity contribution in [3.8, 4) is 11.5 Å². The molecular formula is C20H23N3O3. The second-order valence-corrected chi connectivity index (χ2v) is 5.98. The van der Waals surface area contributed by atoms with E-state index in [4.69, 9.17) is 9.47 Å². The van der Waals surface area contributed by atoms with Crippen molar-refractivity contribution in [1.29, 1.82) is 0 Å². The van der Waals surface area contributed by atoms with Crippen LogP contribution >= 0.6 is 0 Å². The molecule has 0 saturated heterocycles. The fraction of sp³-hybridized carbons (Fsp3) is 0.300. The Balaban J connectivity index is 1.50. The SMILES string of the molecule is COc1ccc(OC)c(CC(=O)NCCCn2cnc3ccccc32)c1. The zero-order valence-corrected chi connectivity index (χ0v) is 15.1. The number of rotatable bonds is 8. The molecule has 3 rings (SSSR count). The van der Waals surface area contributed by atoms with Gasteiger partial charge in [0.05, 0.1) is 38.0 Å². The van der Waals surface area contributed by atoms with Gasteiger partial charge in [-0.25, -0.2) is 4.98 Å². The van der Waals surface area contributed by atoms with E-state index < -0.39 is 0 Å². The summed E-state index contributed by atoms with van der Waals surface area (Å²) in [6.07, 6.45) is 2.93. The number of aromatic nitrogens is 2. The van der Waals surface area contributed by atoms with Gasteiger partial charge in [0.2, 0.25) is 5.91 Å². The highest BCUT2D eigenvalue weighted by Crippen LogP contribution is 2.24. The average molecular weight is 353 g/mol. The van der Waals surface area contributed by atoms with Crippen LogP contribution in [0.3, 0.4) is 0 Å². The number of carbonyl (C=O) groups excluding carboxylic acids is 1. The predicted molar refractivity (Wildman–Crippen MR) is 101 cm³/mol. The number of carbonyl (C=O) groups is 1. The normalized spacial score (nSPS) is 10.7. The molecule has 0 aliphatic heterocycles. The zero-order chi connectivity index (χ0) is 18.4. The molecule has 0 atom stereocenters. The minimum absolute atomic E-state index is 0.0351. The van der Waals surface area contributed by atoms with Crippen LogP contribution in [0.25, 0.3) is 11.0 Å². The van der Waals surface area contributed by atoms with E-state index in [1.165, 1.54) is 0 Å². The van der Waals surface area contributed by atoms with E-state index in [0.717, 1.165) is 29.6 Å². The van der Waals surface area contributed by atoms with Gasteiger partial charge in [0, 0.05) is 18.7 Å². The van der Waals surface area contributed by atoms with Crippen LogP contribution in [0.2, 0.25) is 0 Å². The van der Waals surface area contributed by atoms with E-state index in [9.17, 15) is 4.79 Å². The summed E-state index contributed by atoms with van der Waals surface area (Å²) in [5.74, 6) is 1.36. The summed E-state index contributed by atoms with van der Waals surface area (Å²) in [5.41, 5.74) is 2.91. The van der Waals surface area contributed by atoms with Crippen LogP contribution in [-0.4, -0.2) is 36.2 Å². The van der Waals surface area contributed by atoms with E-state index >= 15 is 0 Å². The number of para-hydroxylation sites is 2. The minimum atomic E-state index is -0.0351. The number of amides is 1. The van der Waals surface area contributed by atoms with Crippen molar-refractivity contribution in [2.24, 2.45) is 0 Å². The fourth-order valence-corrected chi connectivity index (χ4v) is 2.92. The van der Waals surface area contributed by atoms with E-state index in [-0.39, 0.29) is 12.3 Å². The van der Waals surface area contributed by atoms with Crippen molar-refractivity contribution in [3.63, 3.8) is 0 Å². The second kappa shape index (κ2) is 8.38. The number of imidazole rings is 1. The monoisotopic (exact) mass is 353 g/mol. The van der Waals surface area contributed by atoms with E-state index in [1.54, 1.807) is 14.2 Å². The lowest BCUT2D eigenvalue weighted by Gasteiger charge is -2.11. The molecule has 26 heavy (non-hydrogen) atoms. The highest BCUT2D eigenvalue weighted by molar-refractivity contribution is 5.79. The van der Waals surface area contributed by atoms with Gasteiger partial charge < -0.3 is 19.4 Å². The van der Waals surface area contributed by atoms with Gasteiger partial charge in [0.1, 0.15) is 11.5 Å². The number of ether oxygens (including phenoxy) is 2. The summed E-state index contributed by atoms with van der Waals surface area (Å²) in [6.45, 7) is 1.42. The third-order valence-electron chi connectivity index (χ3n) is 4.26. The Hall–Kier alpha value is -3.02. The molecule has 0 spiro atoms. The first kappa shape index (κ1) is 17.8. The van der Waals surface area contributed by atoms with Crippen LogP contribution in [-0.2, 0) is 17.8 Å². The maximum atomic E-state index is 12.2. The van der Waals surface area contributed by atoms with Crippen LogP contribution < -0.4 is 14.8 Å².